The van der Waals surface area contributed by atoms with Gasteiger partial charge in [0.05, 0.1) is 26.7 Å². The molecule has 6 rings (SSSR count). The van der Waals surface area contributed by atoms with Gasteiger partial charge in [0, 0.05) is 21.7 Å². The van der Waals surface area contributed by atoms with E-state index in [2.05, 4.69) is 35.0 Å². The van der Waals surface area contributed by atoms with Gasteiger partial charge in [-0.2, -0.15) is 19.3 Å². The minimum Gasteiger partial charge on any atom is -0.744 e. The number of fused-ring (bicyclic) bond motifs is 4. The molecule has 0 fully saturated rings. The van der Waals surface area contributed by atoms with E-state index >= 15 is 0 Å². The summed E-state index contributed by atoms with van der Waals surface area (Å²) in [4.78, 5) is 8.82. The third-order valence-corrected chi connectivity index (χ3v) is 10.9. The van der Waals surface area contributed by atoms with E-state index in [0.717, 1.165) is 30.3 Å². The van der Waals surface area contributed by atoms with Gasteiger partial charge in [-0.05, 0) is 81.5 Å². The average Bonchev–Trinajstić information content (AvgIpc) is 3.04. The number of nitrogens with one attached hydrogen (secondary N) is 2. The average molecular weight is 924 g/mol. The molecule has 0 unspecified atom stereocenters. The topological polar surface area (TPSA) is 333 Å². The van der Waals surface area contributed by atoms with Crippen LogP contribution in [-0.4, -0.2) is 66.8 Å². The smallest absolute Gasteiger partial charge is 0.744 e. The molecule has 0 aliphatic carbocycles. The molecule has 0 saturated heterocycles. The third-order valence-electron chi connectivity index (χ3n) is 7.11. The van der Waals surface area contributed by atoms with Crippen molar-refractivity contribution in [3.8, 4) is 0 Å². The summed E-state index contributed by atoms with van der Waals surface area (Å²) in [6, 6.07) is 14.2. The molecule has 6 aromatic rings. The summed E-state index contributed by atoms with van der Waals surface area (Å²) in [5, 5.41) is 17.8. The van der Waals surface area contributed by atoms with E-state index < -0.39 is 72.2 Å². The van der Waals surface area contributed by atoms with Crippen molar-refractivity contribution in [1.82, 2.24) is 15.0 Å². The van der Waals surface area contributed by atoms with Gasteiger partial charge in [-0.3, -0.25) is 5.04 Å². The molecule has 30 heteroatoms. The molecule has 1 aromatic heterocycles. The summed E-state index contributed by atoms with van der Waals surface area (Å²) in [5.41, 5.74) is -0.0788. The molecule has 0 spiro atoms. The Bertz CT molecular complexity index is 2930. The molecule has 57 heavy (non-hydrogen) atoms. The Labute approximate surface area is 438 Å². The molecule has 20 nitrogen and oxygen atoms in total. The van der Waals surface area contributed by atoms with Gasteiger partial charge in [0.2, 0.25) is 17.1 Å². The second-order valence-corrected chi connectivity index (χ2v) is 16.5. The summed E-state index contributed by atoms with van der Waals surface area (Å²) < 4.78 is 147. The van der Waals surface area contributed by atoms with Crippen LogP contribution in [-0.2, 0) is 49.8 Å². The molecule has 2 N–H and O–H groups in total. The number of nitrogens with zero attached hydrogens (tertiary/aromatic N) is 3. The molecular formula is C27H14N5Na5O15S5. The van der Waals surface area contributed by atoms with Crippen LogP contribution in [0.2, 0.25) is 0 Å². The van der Waals surface area contributed by atoms with Crippen LogP contribution >= 0.6 is 12.0 Å². The Morgan fingerprint density at radius 2 is 1.02 bits per heavy atom. The number of rotatable bonds is 11. The Balaban J connectivity index is 0.00000325. The fourth-order valence-electron chi connectivity index (χ4n) is 5.07. The first-order valence-corrected chi connectivity index (χ1v) is 19.9. The van der Waals surface area contributed by atoms with Crippen LogP contribution in [0.5, 0.6) is 0 Å². The standard InChI is InChI=1S/C27H19N5O15S5.5Na/c33-46-47-48-17-3-6-19-14(8-17)10-23(50(37,38)39)22-11-16(2-5-21(19)22)29-26-30-25(31-27(32-26)52(43,44)45)28-15-1-4-20-13(7-15)9-18(49(34,35)36)12-24(20)51(40,41)42;;;;;/h1-12,33H,(H,34,35,36)(H,37,38,39)(H,40,41,42)(H,43,44,45)(H2,28,29,30,31,32);;;;;/q;5*+1/p-5. The van der Waals surface area contributed by atoms with Crippen LogP contribution < -0.4 is 164 Å². The first-order chi connectivity index (χ1) is 24.2. The number of anilines is 4. The molecule has 0 aliphatic heterocycles. The molecular weight excluding hydrogens is 910 g/mol. The van der Waals surface area contributed by atoms with Gasteiger partial charge in [-0.25, -0.2) is 33.7 Å². The van der Waals surface area contributed by atoms with Crippen LogP contribution in [0.15, 0.2) is 97.5 Å². The van der Waals surface area contributed by atoms with Gasteiger partial charge in [-0.1, -0.05) is 18.2 Å². The van der Waals surface area contributed by atoms with E-state index in [1.807, 2.05) is 0 Å². The summed E-state index contributed by atoms with van der Waals surface area (Å²) in [7, 11) is -21.0. The van der Waals surface area contributed by atoms with Crippen molar-refractivity contribution >= 4 is 108 Å². The van der Waals surface area contributed by atoms with Gasteiger partial charge in [-0.15, -0.1) is 0 Å². The maximum atomic E-state index is 12.3. The van der Waals surface area contributed by atoms with Crippen LogP contribution in [0.25, 0.3) is 32.3 Å². The fraction of sp³-hybridized carbons (Fsp3) is 0. The molecule has 0 aliphatic rings. The second-order valence-electron chi connectivity index (χ2n) is 10.4. The molecule has 0 atom stereocenters. The Hall–Kier alpha value is 0.360. The van der Waals surface area contributed by atoms with Gasteiger partial charge in [0.1, 0.15) is 30.4 Å². The minimum absolute atomic E-state index is 0. The molecule has 5 aromatic carbocycles. The SMILES string of the molecule is O=S(=O)([O-])c1cc(S(=O)(=O)[O-])c2ccc(Nc3nc(Nc4ccc5c(c4)c(S(=O)(=O)[O-])cc4cc(SOO[O-])ccc45)nc(S(=O)(=O)[O-])n3)cc2c1.[Na+].[Na+].[Na+].[Na+].[Na+]. The quantitative estimate of drug-likeness (QED) is 0.0304. The van der Waals surface area contributed by atoms with Crippen LogP contribution in [0.3, 0.4) is 0 Å². The van der Waals surface area contributed by atoms with Crippen molar-refractivity contribution in [3.05, 3.63) is 72.8 Å². The number of aromatic nitrogens is 3. The molecule has 0 bridgehead atoms. The molecule has 272 valence electrons. The van der Waals surface area contributed by atoms with Crippen molar-refractivity contribution in [2.45, 2.75) is 24.7 Å². The van der Waals surface area contributed by atoms with Gasteiger partial charge < -0.3 is 34.1 Å². The summed E-state index contributed by atoms with van der Waals surface area (Å²) >= 11 is 0.537. The van der Waals surface area contributed by atoms with E-state index in [9.17, 15) is 57.1 Å². The largest absolute Gasteiger partial charge is 1.00 e. The fourth-order valence-corrected chi connectivity index (χ4v) is 7.92. The third kappa shape index (κ3) is 13.4. The first kappa shape index (κ1) is 55.4. The Morgan fingerprint density at radius 3 is 1.54 bits per heavy atom. The predicted octanol–water partition coefficient (Wildman–Crippen LogP) is -13.3. The second kappa shape index (κ2) is 21.6. The molecule has 1 heterocycles. The summed E-state index contributed by atoms with van der Waals surface area (Å²) in [5.74, 6) is -1.19. The van der Waals surface area contributed by atoms with Crippen LogP contribution in [0.1, 0.15) is 0 Å². The zero-order valence-electron chi connectivity index (χ0n) is 29.9. The number of hydrogen-bond donors (Lipinski definition) is 2. The van der Waals surface area contributed by atoms with Crippen molar-refractivity contribution in [2.24, 2.45) is 0 Å². The minimum atomic E-state index is -5.36. The summed E-state index contributed by atoms with van der Waals surface area (Å²) in [6.45, 7) is 0. The van der Waals surface area contributed by atoms with E-state index in [1.54, 1.807) is 6.07 Å². The monoisotopic (exact) mass is 923 g/mol. The van der Waals surface area contributed by atoms with Crippen molar-refractivity contribution in [2.75, 3.05) is 10.6 Å². The number of hydrogen-bond acceptors (Lipinski definition) is 21. The first-order valence-electron chi connectivity index (χ1n) is 13.6. The Kier molecular flexibility index (Phi) is 21.0. The van der Waals surface area contributed by atoms with E-state index in [1.165, 1.54) is 30.3 Å². The van der Waals surface area contributed by atoms with Crippen molar-refractivity contribution < 1.29 is 214 Å². The van der Waals surface area contributed by atoms with Crippen molar-refractivity contribution in [1.29, 1.82) is 0 Å². The maximum absolute atomic E-state index is 12.3. The van der Waals surface area contributed by atoms with E-state index in [4.69, 9.17) is 0 Å². The Morgan fingerprint density at radius 1 is 0.509 bits per heavy atom. The van der Waals surface area contributed by atoms with Crippen LogP contribution in [0, 0.1) is 0 Å². The van der Waals surface area contributed by atoms with E-state index in [0.29, 0.717) is 28.4 Å². The van der Waals surface area contributed by atoms with Crippen LogP contribution in [0.4, 0.5) is 23.3 Å². The normalized spacial score (nSPS) is 11.7. The maximum Gasteiger partial charge on any atom is 1.00 e. The number of benzene rings is 5. The van der Waals surface area contributed by atoms with Gasteiger partial charge >= 0.3 is 148 Å². The molecule has 0 radical (unpaired) electrons. The van der Waals surface area contributed by atoms with Gasteiger partial charge in [0.15, 0.2) is 10.1 Å². The molecule has 0 saturated carbocycles. The zero-order valence-corrected chi connectivity index (χ0v) is 44.0. The molecule has 0 amide bonds. The predicted molar refractivity (Wildman–Crippen MR) is 172 cm³/mol. The van der Waals surface area contributed by atoms with E-state index in [-0.39, 0.29) is 186 Å². The summed E-state index contributed by atoms with van der Waals surface area (Å²) in [6.07, 6.45) is 0. The zero-order chi connectivity index (χ0) is 37.8. The van der Waals surface area contributed by atoms with Crippen molar-refractivity contribution in [3.63, 3.8) is 0 Å². The van der Waals surface area contributed by atoms with Gasteiger partial charge in [0.25, 0.3) is 0 Å².